The molecule has 9 rings (SSSR count). The number of carbonyl (C=O) groups is 3. The van der Waals surface area contributed by atoms with Gasteiger partial charge in [-0.3, -0.25) is 14.5 Å². The van der Waals surface area contributed by atoms with Crippen molar-refractivity contribution < 1.29 is 19.5 Å². The molecule has 0 aliphatic carbocycles. The molecule has 2 aliphatic rings. The van der Waals surface area contributed by atoms with Crippen LogP contribution >= 0.6 is 11.3 Å². The quantitative estimate of drug-likeness (QED) is 0.126. The summed E-state index contributed by atoms with van der Waals surface area (Å²) in [5.74, 6) is 1.28. The minimum absolute atomic E-state index is 0.0494. The van der Waals surface area contributed by atoms with Crippen LogP contribution in [0.25, 0.3) is 44.1 Å². The third kappa shape index (κ3) is 7.54. The number of aromatic amines is 2. The number of hydrogen-bond donors (Lipinski definition) is 3. The fourth-order valence-electron chi connectivity index (χ4n) is 8.39. The lowest BCUT2D eigenvalue weighted by molar-refractivity contribution is -0.137. The van der Waals surface area contributed by atoms with Crippen molar-refractivity contribution in [2.75, 3.05) is 20.1 Å². The zero-order chi connectivity index (χ0) is 40.5. The standard InChI is InChI=1S/C47H43N7O4S/c1-52(47(57)58)42(35-12-6-3-7-13-35)46(56)54-27-9-15-39(54)44-49-29-37(51-44)33-22-18-31(19-23-33)30-16-20-32(21-17-30)36-28-48-43(50-36)38-14-8-26-53(38)45(55)41-25-24-40(59-41)34-10-4-2-5-11-34/h2-7,10-13,16-25,28-29,38-39,42H,8-9,14-15,26-27H2,1H3,(H,48,50)(H,49,51)(H,57,58)/t38-,39-,42+/m0/s1. The van der Waals surface area contributed by atoms with Gasteiger partial charge in [-0.15, -0.1) is 11.3 Å². The summed E-state index contributed by atoms with van der Waals surface area (Å²) in [6, 6.07) is 38.5. The second-order valence-electron chi connectivity index (χ2n) is 15.1. The number of nitrogens with one attached hydrogen (secondary N) is 2. The van der Waals surface area contributed by atoms with Crippen molar-refractivity contribution in [3.63, 3.8) is 0 Å². The minimum atomic E-state index is -1.16. The number of thiophene rings is 1. The van der Waals surface area contributed by atoms with E-state index in [-0.39, 0.29) is 23.9 Å². The Balaban J connectivity index is 0.856. The highest BCUT2D eigenvalue weighted by Crippen LogP contribution is 2.38. The number of H-pyrrole nitrogens is 2. The number of amides is 3. The van der Waals surface area contributed by atoms with Crippen molar-refractivity contribution in [1.82, 2.24) is 34.6 Å². The first kappa shape index (κ1) is 37.8. The zero-order valence-electron chi connectivity index (χ0n) is 32.5. The number of nitrogens with zero attached hydrogens (tertiary/aromatic N) is 5. The predicted molar refractivity (Wildman–Crippen MR) is 228 cm³/mol. The first-order valence-electron chi connectivity index (χ1n) is 19.9. The Kier molecular flexibility index (Phi) is 10.4. The fraction of sp³-hybridized carbons (Fsp3) is 0.213. The molecule has 0 spiro atoms. The van der Waals surface area contributed by atoms with E-state index in [1.807, 2.05) is 59.6 Å². The van der Waals surface area contributed by atoms with Gasteiger partial charge in [0.25, 0.3) is 11.8 Å². The molecule has 0 saturated carbocycles. The number of benzene rings is 4. The number of aromatic nitrogens is 4. The molecule has 2 fully saturated rings. The molecule has 11 nitrogen and oxygen atoms in total. The van der Waals surface area contributed by atoms with Crippen LogP contribution < -0.4 is 0 Å². The lowest BCUT2D eigenvalue weighted by Gasteiger charge is -2.32. The second kappa shape index (κ2) is 16.2. The van der Waals surface area contributed by atoms with Crippen LogP contribution in [-0.2, 0) is 4.79 Å². The molecule has 3 amide bonds. The summed E-state index contributed by atoms with van der Waals surface area (Å²) in [4.78, 5) is 62.7. The SMILES string of the molecule is CN(C(=O)O)[C@@H](C(=O)N1CCC[C@H]1c1ncc(-c2ccc(-c3ccc(-c4cnc([C@@H]5CCCN5C(=O)c5ccc(-c6ccccc6)s5)[nH]4)cc3)cc2)[nH]1)c1ccccc1. The lowest BCUT2D eigenvalue weighted by Crippen LogP contribution is -2.43. The van der Waals surface area contributed by atoms with Crippen LogP contribution in [0, 0.1) is 0 Å². The minimum Gasteiger partial charge on any atom is -0.465 e. The monoisotopic (exact) mass is 801 g/mol. The maximum atomic E-state index is 14.0. The Bertz CT molecular complexity index is 2580. The molecule has 4 aromatic carbocycles. The number of imidazole rings is 2. The van der Waals surface area contributed by atoms with Gasteiger partial charge in [-0.25, -0.2) is 14.8 Å². The molecule has 7 aromatic rings. The molecule has 0 radical (unpaired) electrons. The number of hydrogen-bond acceptors (Lipinski definition) is 6. The Morgan fingerprint density at radius 3 is 1.73 bits per heavy atom. The van der Waals surface area contributed by atoms with Gasteiger partial charge >= 0.3 is 6.09 Å². The van der Waals surface area contributed by atoms with Crippen molar-refractivity contribution in [3.8, 4) is 44.1 Å². The van der Waals surface area contributed by atoms with Crippen molar-refractivity contribution >= 4 is 29.2 Å². The summed E-state index contributed by atoms with van der Waals surface area (Å²) in [5.41, 5.74) is 7.61. The summed E-state index contributed by atoms with van der Waals surface area (Å²) in [7, 11) is 1.43. The molecular weight excluding hydrogens is 759 g/mol. The van der Waals surface area contributed by atoms with E-state index in [9.17, 15) is 19.5 Å². The van der Waals surface area contributed by atoms with E-state index in [1.54, 1.807) is 23.2 Å². The Morgan fingerprint density at radius 1 is 0.661 bits per heavy atom. The first-order valence-corrected chi connectivity index (χ1v) is 20.7. The van der Waals surface area contributed by atoms with Gasteiger partial charge < -0.3 is 24.9 Å². The molecule has 0 bridgehead atoms. The van der Waals surface area contributed by atoms with Gasteiger partial charge in [0.1, 0.15) is 17.7 Å². The molecule has 3 aromatic heterocycles. The van der Waals surface area contributed by atoms with Gasteiger partial charge in [0.05, 0.1) is 40.7 Å². The van der Waals surface area contributed by atoms with Crippen molar-refractivity contribution in [2.45, 2.75) is 43.8 Å². The third-order valence-corrected chi connectivity index (χ3v) is 12.6. The molecule has 59 heavy (non-hydrogen) atoms. The van der Waals surface area contributed by atoms with Crippen LogP contribution in [0.5, 0.6) is 0 Å². The third-order valence-electron chi connectivity index (χ3n) is 11.5. The van der Waals surface area contributed by atoms with Gasteiger partial charge in [0.2, 0.25) is 0 Å². The highest BCUT2D eigenvalue weighted by atomic mass is 32.1. The summed E-state index contributed by atoms with van der Waals surface area (Å²) < 4.78 is 0. The summed E-state index contributed by atoms with van der Waals surface area (Å²) in [6.07, 6.45) is 5.81. The largest absolute Gasteiger partial charge is 0.465 e. The number of carbonyl (C=O) groups excluding carboxylic acids is 2. The van der Waals surface area contributed by atoms with E-state index >= 15 is 0 Å². The first-order chi connectivity index (χ1) is 28.8. The van der Waals surface area contributed by atoms with E-state index in [2.05, 4.69) is 70.6 Å². The maximum Gasteiger partial charge on any atom is 0.407 e. The van der Waals surface area contributed by atoms with Gasteiger partial charge in [0.15, 0.2) is 0 Å². The Hall–Kier alpha value is -6.79. The lowest BCUT2D eigenvalue weighted by atomic mass is 10.0. The molecule has 2 saturated heterocycles. The highest BCUT2D eigenvalue weighted by Gasteiger charge is 2.39. The molecule has 5 heterocycles. The average Bonchev–Trinajstić information content (AvgIpc) is 4.13. The van der Waals surface area contributed by atoms with E-state index in [4.69, 9.17) is 9.97 Å². The zero-order valence-corrected chi connectivity index (χ0v) is 33.3. The number of likely N-dealkylation sites (N-methyl/N-ethyl adjacent to an activating group) is 1. The molecule has 0 unspecified atom stereocenters. The summed E-state index contributed by atoms with van der Waals surface area (Å²) >= 11 is 1.53. The molecule has 296 valence electrons. The molecule has 12 heteroatoms. The van der Waals surface area contributed by atoms with Crippen molar-refractivity contribution in [3.05, 3.63) is 156 Å². The molecule has 3 N–H and O–H groups in total. The number of carboxylic acid groups (broad SMARTS) is 1. The molecule has 3 atom stereocenters. The van der Waals surface area contributed by atoms with Gasteiger partial charge in [-0.1, -0.05) is 109 Å². The van der Waals surface area contributed by atoms with Crippen LogP contribution in [0.4, 0.5) is 4.79 Å². The van der Waals surface area contributed by atoms with E-state index in [0.29, 0.717) is 24.5 Å². The van der Waals surface area contributed by atoms with Crippen LogP contribution in [0.2, 0.25) is 0 Å². The smallest absolute Gasteiger partial charge is 0.407 e. The average molecular weight is 802 g/mol. The number of rotatable bonds is 10. The van der Waals surface area contributed by atoms with Crippen molar-refractivity contribution in [2.24, 2.45) is 0 Å². The second-order valence-corrected chi connectivity index (χ2v) is 16.2. The van der Waals surface area contributed by atoms with E-state index in [0.717, 1.165) is 85.4 Å². The summed E-state index contributed by atoms with van der Waals surface area (Å²) in [6.45, 7) is 1.23. The van der Waals surface area contributed by atoms with Crippen LogP contribution in [0.1, 0.15) is 70.7 Å². The van der Waals surface area contributed by atoms with E-state index in [1.165, 1.54) is 18.4 Å². The van der Waals surface area contributed by atoms with Gasteiger partial charge in [-0.05, 0) is 71.2 Å². The Labute approximate surface area is 346 Å². The van der Waals surface area contributed by atoms with Crippen LogP contribution in [0.15, 0.2) is 134 Å². The van der Waals surface area contributed by atoms with Gasteiger partial charge in [-0.2, -0.15) is 0 Å². The van der Waals surface area contributed by atoms with E-state index < -0.39 is 12.1 Å². The van der Waals surface area contributed by atoms with Crippen LogP contribution in [0.3, 0.4) is 0 Å². The topological polar surface area (TPSA) is 139 Å². The van der Waals surface area contributed by atoms with Crippen LogP contribution in [-0.4, -0.2) is 77.8 Å². The fourth-order valence-corrected chi connectivity index (χ4v) is 9.35. The predicted octanol–water partition coefficient (Wildman–Crippen LogP) is 9.85. The molecule has 2 aliphatic heterocycles. The number of likely N-dealkylation sites (tertiary alicyclic amines) is 2. The highest BCUT2D eigenvalue weighted by molar-refractivity contribution is 7.17. The van der Waals surface area contributed by atoms with Crippen molar-refractivity contribution in [1.29, 1.82) is 0 Å². The molecular formula is C47H43N7O4S. The van der Waals surface area contributed by atoms with Gasteiger partial charge in [0, 0.05) is 25.0 Å². The normalized spacial score (nSPS) is 17.0. The summed E-state index contributed by atoms with van der Waals surface area (Å²) in [5, 5.41) is 9.80. The maximum absolute atomic E-state index is 14.0. The Morgan fingerprint density at radius 2 is 1.17 bits per heavy atom.